The number of fused-ring (bicyclic) bond motifs is 1. The molecule has 1 aromatic heterocycles. The predicted molar refractivity (Wildman–Crippen MR) is 91.9 cm³/mol. The molecule has 24 heavy (non-hydrogen) atoms. The number of aromatic nitrogens is 1. The highest BCUT2D eigenvalue weighted by molar-refractivity contribution is 7.11. The van der Waals surface area contributed by atoms with Crippen molar-refractivity contribution in [1.29, 1.82) is 0 Å². The quantitative estimate of drug-likeness (QED) is 0.835. The van der Waals surface area contributed by atoms with Gasteiger partial charge in [0.15, 0.2) is 11.5 Å². The summed E-state index contributed by atoms with van der Waals surface area (Å²) in [5.74, 6) is 1.67. The number of carbonyl (C=O) groups excluding carboxylic acids is 1. The van der Waals surface area contributed by atoms with Crippen molar-refractivity contribution in [2.75, 3.05) is 19.8 Å². The van der Waals surface area contributed by atoms with E-state index in [2.05, 4.69) is 11.1 Å². The maximum atomic E-state index is 12.9. The average molecular weight is 344 g/mol. The Bertz CT molecular complexity index is 758. The normalized spacial score (nSPS) is 20.0. The summed E-state index contributed by atoms with van der Waals surface area (Å²) in [5, 5.41) is 0. The molecule has 2 aromatic rings. The Morgan fingerprint density at radius 1 is 1.25 bits per heavy atom. The number of amides is 1. The maximum absolute atomic E-state index is 12.9. The van der Waals surface area contributed by atoms with Gasteiger partial charge in [-0.3, -0.25) is 4.79 Å². The van der Waals surface area contributed by atoms with E-state index in [1.54, 1.807) is 5.51 Å². The molecule has 1 atom stereocenters. The second-order valence-electron chi connectivity index (χ2n) is 6.18. The summed E-state index contributed by atoms with van der Waals surface area (Å²) in [5.41, 5.74) is 3.67. The molecule has 1 amide bonds. The van der Waals surface area contributed by atoms with E-state index >= 15 is 0 Å². The molecule has 1 fully saturated rings. The van der Waals surface area contributed by atoms with E-state index in [0.29, 0.717) is 13.2 Å². The molecule has 0 N–H and O–H groups in total. The van der Waals surface area contributed by atoms with Gasteiger partial charge in [-0.05, 0) is 37.5 Å². The van der Waals surface area contributed by atoms with Gasteiger partial charge in [-0.15, -0.1) is 11.3 Å². The molecule has 1 saturated heterocycles. The Kier molecular flexibility index (Phi) is 4.14. The summed E-state index contributed by atoms with van der Waals surface area (Å²) in [4.78, 5) is 19.8. The number of hydrogen-bond donors (Lipinski definition) is 0. The molecule has 6 heteroatoms. The minimum atomic E-state index is 0.0876. The summed E-state index contributed by atoms with van der Waals surface area (Å²) in [6, 6.07) is 6.16. The zero-order chi connectivity index (χ0) is 16.5. The molecule has 2 aliphatic heterocycles. The second kappa shape index (κ2) is 6.43. The second-order valence-corrected chi connectivity index (χ2v) is 7.03. The molecular weight excluding hydrogens is 324 g/mol. The molecule has 0 saturated carbocycles. The van der Waals surface area contributed by atoms with Crippen molar-refractivity contribution in [3.8, 4) is 11.5 Å². The number of rotatable bonds is 2. The first kappa shape index (κ1) is 15.4. The first-order valence-electron chi connectivity index (χ1n) is 8.34. The van der Waals surface area contributed by atoms with Crippen LogP contribution in [0.3, 0.4) is 0 Å². The highest BCUT2D eigenvalue weighted by Crippen LogP contribution is 2.38. The molecule has 0 unspecified atom stereocenters. The van der Waals surface area contributed by atoms with Crippen molar-refractivity contribution in [3.05, 3.63) is 39.8 Å². The van der Waals surface area contributed by atoms with Crippen LogP contribution < -0.4 is 9.47 Å². The minimum Gasteiger partial charge on any atom is -0.490 e. The Morgan fingerprint density at radius 2 is 2.08 bits per heavy atom. The van der Waals surface area contributed by atoms with Crippen LogP contribution >= 0.6 is 11.3 Å². The molecule has 0 spiro atoms. The van der Waals surface area contributed by atoms with Crippen LogP contribution in [0, 0.1) is 6.92 Å². The van der Waals surface area contributed by atoms with Crippen LogP contribution in [-0.2, 0) is 0 Å². The zero-order valence-corrected chi connectivity index (χ0v) is 14.5. The molecule has 1 aromatic carbocycles. The van der Waals surface area contributed by atoms with Crippen molar-refractivity contribution in [3.63, 3.8) is 0 Å². The lowest BCUT2D eigenvalue weighted by Gasteiger charge is -2.25. The Hall–Kier alpha value is -2.08. The summed E-state index contributed by atoms with van der Waals surface area (Å²) >= 11 is 1.42. The van der Waals surface area contributed by atoms with Gasteiger partial charge >= 0.3 is 0 Å². The van der Waals surface area contributed by atoms with Gasteiger partial charge in [-0.1, -0.05) is 6.07 Å². The van der Waals surface area contributed by atoms with Crippen LogP contribution in [0.15, 0.2) is 23.7 Å². The smallest absolute Gasteiger partial charge is 0.266 e. The lowest BCUT2D eigenvalue weighted by Crippen LogP contribution is -2.30. The van der Waals surface area contributed by atoms with E-state index in [1.165, 1.54) is 11.3 Å². The first-order chi connectivity index (χ1) is 11.7. The van der Waals surface area contributed by atoms with E-state index < -0.39 is 0 Å². The van der Waals surface area contributed by atoms with E-state index in [4.69, 9.17) is 9.47 Å². The van der Waals surface area contributed by atoms with E-state index in [1.807, 2.05) is 24.0 Å². The molecule has 2 aliphatic rings. The molecule has 5 nitrogen and oxygen atoms in total. The maximum Gasteiger partial charge on any atom is 0.266 e. The fourth-order valence-electron chi connectivity index (χ4n) is 3.38. The summed E-state index contributed by atoms with van der Waals surface area (Å²) in [7, 11) is 0. The molecule has 0 aliphatic carbocycles. The SMILES string of the molecule is Cc1ncsc1C(=O)N1CCC[C@@H]1c1ccc2c(c1)OCCCO2. The lowest BCUT2D eigenvalue weighted by molar-refractivity contribution is 0.0739. The largest absolute Gasteiger partial charge is 0.490 e. The monoisotopic (exact) mass is 344 g/mol. The number of carbonyl (C=O) groups is 1. The number of aryl methyl sites for hydroxylation is 1. The summed E-state index contributed by atoms with van der Waals surface area (Å²) in [6.07, 6.45) is 2.88. The van der Waals surface area contributed by atoms with Crippen molar-refractivity contribution in [1.82, 2.24) is 9.88 Å². The topological polar surface area (TPSA) is 51.7 Å². The van der Waals surface area contributed by atoms with Gasteiger partial charge in [-0.25, -0.2) is 4.98 Å². The summed E-state index contributed by atoms with van der Waals surface area (Å²) < 4.78 is 11.5. The molecule has 3 heterocycles. The van der Waals surface area contributed by atoms with Gasteiger partial charge in [0.05, 0.1) is 30.5 Å². The zero-order valence-electron chi connectivity index (χ0n) is 13.7. The molecule has 0 radical (unpaired) electrons. The highest BCUT2D eigenvalue weighted by atomic mass is 32.1. The number of hydrogen-bond acceptors (Lipinski definition) is 5. The van der Waals surface area contributed by atoms with Crippen molar-refractivity contribution in [2.24, 2.45) is 0 Å². The average Bonchev–Trinajstić information content (AvgIpc) is 3.18. The number of likely N-dealkylation sites (tertiary alicyclic amines) is 1. The van der Waals surface area contributed by atoms with Crippen molar-refractivity contribution in [2.45, 2.75) is 32.2 Å². The van der Waals surface area contributed by atoms with Crippen molar-refractivity contribution < 1.29 is 14.3 Å². The van der Waals surface area contributed by atoms with Gasteiger partial charge in [0, 0.05) is 13.0 Å². The minimum absolute atomic E-state index is 0.0876. The molecule has 4 rings (SSSR count). The molecule has 126 valence electrons. The van der Waals surface area contributed by atoms with Gasteiger partial charge in [0.25, 0.3) is 5.91 Å². The Labute approximate surface area is 145 Å². The predicted octanol–water partition coefficient (Wildman–Crippen LogP) is 3.59. The summed E-state index contributed by atoms with van der Waals surface area (Å²) in [6.45, 7) is 4.03. The van der Waals surface area contributed by atoms with Gasteiger partial charge in [-0.2, -0.15) is 0 Å². The van der Waals surface area contributed by atoms with Crippen LogP contribution in [-0.4, -0.2) is 35.5 Å². The Balaban J connectivity index is 1.62. The van der Waals surface area contributed by atoms with Gasteiger partial charge in [0.1, 0.15) is 4.88 Å². The highest BCUT2D eigenvalue weighted by Gasteiger charge is 2.32. The van der Waals surface area contributed by atoms with Crippen LogP contribution in [0.5, 0.6) is 11.5 Å². The lowest BCUT2D eigenvalue weighted by atomic mass is 10.0. The first-order valence-corrected chi connectivity index (χ1v) is 9.22. The van der Waals surface area contributed by atoms with E-state index in [-0.39, 0.29) is 11.9 Å². The molecule has 0 bridgehead atoms. The van der Waals surface area contributed by atoms with E-state index in [0.717, 1.165) is 53.4 Å². The third kappa shape index (κ3) is 2.75. The standard InChI is InChI=1S/C18H20N2O3S/c1-12-17(24-11-19-12)18(21)20-7-2-4-14(20)13-5-6-15-16(10-13)23-9-3-8-22-15/h5-6,10-11,14H,2-4,7-9H2,1H3/t14-/m1/s1. The number of nitrogens with zero attached hydrogens (tertiary/aromatic N) is 2. The number of thiazole rings is 1. The third-order valence-corrected chi connectivity index (χ3v) is 5.53. The van der Waals surface area contributed by atoms with Crippen LogP contribution in [0.1, 0.15) is 46.2 Å². The van der Waals surface area contributed by atoms with Gasteiger partial charge in [0.2, 0.25) is 0 Å². The Morgan fingerprint density at radius 3 is 2.88 bits per heavy atom. The van der Waals surface area contributed by atoms with Crippen molar-refractivity contribution >= 4 is 17.2 Å². The number of ether oxygens (including phenoxy) is 2. The van der Waals surface area contributed by atoms with Crippen LogP contribution in [0.4, 0.5) is 0 Å². The van der Waals surface area contributed by atoms with Crippen LogP contribution in [0.2, 0.25) is 0 Å². The number of benzene rings is 1. The van der Waals surface area contributed by atoms with Gasteiger partial charge < -0.3 is 14.4 Å². The fraction of sp³-hybridized carbons (Fsp3) is 0.444. The third-order valence-electron chi connectivity index (χ3n) is 4.61. The van der Waals surface area contributed by atoms with Crippen LogP contribution in [0.25, 0.3) is 0 Å². The fourth-order valence-corrected chi connectivity index (χ4v) is 4.14. The van der Waals surface area contributed by atoms with E-state index in [9.17, 15) is 4.79 Å². The molecular formula is C18H20N2O3S.